The van der Waals surface area contributed by atoms with E-state index in [0.29, 0.717) is 5.69 Å². The zero-order chi connectivity index (χ0) is 16.1. The average Bonchev–Trinajstić information content (AvgIpc) is 2.49. The van der Waals surface area contributed by atoms with Gasteiger partial charge in [-0.2, -0.15) is 0 Å². The van der Waals surface area contributed by atoms with Gasteiger partial charge < -0.3 is 10.1 Å². The SMILES string of the molecule is COC(=O)Nc1ccc(Nc2cc(Cl)ncc2[N+](=O)[O-])cn1. The topological polar surface area (TPSA) is 119 Å². The minimum Gasteiger partial charge on any atom is -0.453 e. The highest BCUT2D eigenvalue weighted by molar-refractivity contribution is 6.29. The number of nitrogens with one attached hydrogen (secondary N) is 2. The molecule has 22 heavy (non-hydrogen) atoms. The number of pyridine rings is 2. The maximum atomic E-state index is 11.0. The van der Waals surface area contributed by atoms with Gasteiger partial charge in [0.15, 0.2) is 0 Å². The van der Waals surface area contributed by atoms with Gasteiger partial charge in [-0.3, -0.25) is 15.4 Å². The monoisotopic (exact) mass is 323 g/mol. The van der Waals surface area contributed by atoms with Crippen molar-refractivity contribution >= 4 is 40.6 Å². The van der Waals surface area contributed by atoms with Crippen molar-refractivity contribution in [3.63, 3.8) is 0 Å². The standard InChI is InChI=1S/C12H10ClN5O4/c1-22-12(19)17-11-3-2-7(5-15-11)16-8-4-10(13)14-6-9(8)18(20)21/h2-6H,1H3,(H,14,16)(H,15,17,19). The lowest BCUT2D eigenvalue weighted by molar-refractivity contribution is -0.384. The number of nitro groups is 1. The number of halogens is 1. The predicted molar refractivity (Wildman–Crippen MR) is 79.4 cm³/mol. The second kappa shape index (κ2) is 6.68. The number of rotatable bonds is 4. The van der Waals surface area contributed by atoms with Crippen molar-refractivity contribution in [3.8, 4) is 0 Å². The van der Waals surface area contributed by atoms with E-state index in [-0.39, 0.29) is 22.3 Å². The van der Waals surface area contributed by atoms with E-state index in [1.165, 1.54) is 25.4 Å². The average molecular weight is 324 g/mol. The third-order valence-electron chi connectivity index (χ3n) is 2.50. The second-order valence-corrected chi connectivity index (χ2v) is 4.34. The van der Waals surface area contributed by atoms with Gasteiger partial charge in [-0.05, 0) is 12.1 Å². The molecule has 2 N–H and O–H groups in total. The number of amides is 1. The van der Waals surface area contributed by atoms with Crippen molar-refractivity contribution < 1.29 is 14.5 Å². The number of carbonyl (C=O) groups is 1. The molecule has 0 saturated carbocycles. The van der Waals surface area contributed by atoms with Gasteiger partial charge in [0.05, 0.1) is 23.9 Å². The van der Waals surface area contributed by atoms with Crippen molar-refractivity contribution in [2.24, 2.45) is 0 Å². The molecule has 2 aromatic heterocycles. The molecule has 2 aromatic rings. The molecule has 114 valence electrons. The summed E-state index contributed by atoms with van der Waals surface area (Å²) >= 11 is 5.74. The van der Waals surface area contributed by atoms with E-state index in [2.05, 4.69) is 25.3 Å². The third kappa shape index (κ3) is 3.79. The van der Waals surface area contributed by atoms with E-state index in [1.807, 2.05) is 0 Å². The molecule has 2 rings (SSSR count). The lowest BCUT2D eigenvalue weighted by atomic mass is 10.3. The highest BCUT2D eigenvalue weighted by Crippen LogP contribution is 2.28. The van der Waals surface area contributed by atoms with E-state index in [9.17, 15) is 14.9 Å². The largest absolute Gasteiger partial charge is 0.453 e. The summed E-state index contributed by atoms with van der Waals surface area (Å²) in [4.78, 5) is 29.0. The highest BCUT2D eigenvalue weighted by atomic mass is 35.5. The molecule has 0 aliphatic carbocycles. The van der Waals surface area contributed by atoms with Crippen molar-refractivity contribution in [3.05, 3.63) is 45.9 Å². The van der Waals surface area contributed by atoms with Gasteiger partial charge in [0.2, 0.25) is 0 Å². The van der Waals surface area contributed by atoms with Gasteiger partial charge in [0, 0.05) is 6.07 Å². The van der Waals surface area contributed by atoms with Crippen LogP contribution in [0.4, 0.5) is 27.7 Å². The maximum Gasteiger partial charge on any atom is 0.412 e. The van der Waals surface area contributed by atoms with Gasteiger partial charge >= 0.3 is 11.8 Å². The Hall–Kier alpha value is -2.94. The van der Waals surface area contributed by atoms with Crippen LogP contribution >= 0.6 is 11.6 Å². The van der Waals surface area contributed by atoms with Crippen molar-refractivity contribution in [1.82, 2.24) is 9.97 Å². The molecule has 0 atom stereocenters. The molecule has 0 bridgehead atoms. The summed E-state index contributed by atoms with van der Waals surface area (Å²) in [6.45, 7) is 0. The molecule has 9 nitrogen and oxygen atoms in total. The summed E-state index contributed by atoms with van der Waals surface area (Å²) in [5.74, 6) is 0.277. The summed E-state index contributed by atoms with van der Waals surface area (Å²) in [6.07, 6.45) is 1.80. The second-order valence-electron chi connectivity index (χ2n) is 3.95. The Bertz CT molecular complexity index is 707. The first-order valence-corrected chi connectivity index (χ1v) is 6.25. The number of ether oxygens (including phenoxy) is 1. The van der Waals surface area contributed by atoms with Crippen LogP contribution in [0.25, 0.3) is 0 Å². The first kappa shape index (κ1) is 15.4. The smallest absolute Gasteiger partial charge is 0.412 e. The molecular formula is C12H10ClN5O4. The van der Waals surface area contributed by atoms with Crippen molar-refractivity contribution in [1.29, 1.82) is 0 Å². The number of anilines is 3. The Kier molecular flexibility index (Phi) is 4.69. The van der Waals surface area contributed by atoms with Crippen LogP contribution in [-0.2, 0) is 4.74 Å². The van der Waals surface area contributed by atoms with Crippen LogP contribution in [0.3, 0.4) is 0 Å². The van der Waals surface area contributed by atoms with Gasteiger partial charge in [-0.1, -0.05) is 11.6 Å². The third-order valence-corrected chi connectivity index (χ3v) is 2.71. The summed E-state index contributed by atoms with van der Waals surface area (Å²) in [7, 11) is 1.23. The number of methoxy groups -OCH3 is 1. The number of carbonyl (C=O) groups excluding carboxylic acids is 1. The Balaban J connectivity index is 2.19. The van der Waals surface area contributed by atoms with Gasteiger partial charge in [0.1, 0.15) is 22.9 Å². The van der Waals surface area contributed by atoms with Gasteiger partial charge in [-0.15, -0.1) is 0 Å². The molecule has 10 heteroatoms. The zero-order valence-electron chi connectivity index (χ0n) is 11.2. The van der Waals surface area contributed by atoms with Crippen molar-refractivity contribution in [2.45, 2.75) is 0 Å². The molecule has 0 aliphatic heterocycles. The minimum absolute atomic E-state index is 0.116. The van der Waals surface area contributed by atoms with Crippen LogP contribution < -0.4 is 10.6 Å². The lowest BCUT2D eigenvalue weighted by Crippen LogP contribution is -2.11. The van der Waals surface area contributed by atoms with E-state index >= 15 is 0 Å². The normalized spacial score (nSPS) is 9.91. The van der Waals surface area contributed by atoms with E-state index in [4.69, 9.17) is 11.6 Å². The van der Waals surface area contributed by atoms with E-state index in [1.54, 1.807) is 6.07 Å². The van der Waals surface area contributed by atoms with E-state index < -0.39 is 11.0 Å². The maximum absolute atomic E-state index is 11.0. The summed E-state index contributed by atoms with van der Waals surface area (Å²) in [5, 5.41) is 16.3. The fourth-order valence-electron chi connectivity index (χ4n) is 1.52. The molecule has 0 unspecified atom stereocenters. The van der Waals surface area contributed by atoms with Gasteiger partial charge in [0.25, 0.3) is 0 Å². The molecule has 0 aromatic carbocycles. The lowest BCUT2D eigenvalue weighted by Gasteiger charge is -2.08. The molecular weight excluding hydrogens is 314 g/mol. The van der Waals surface area contributed by atoms with E-state index in [0.717, 1.165) is 6.20 Å². The van der Waals surface area contributed by atoms with Crippen molar-refractivity contribution in [2.75, 3.05) is 17.7 Å². The summed E-state index contributed by atoms with van der Waals surface area (Å²) in [5.41, 5.74) is 0.433. The number of hydrogen-bond donors (Lipinski definition) is 2. The molecule has 0 spiro atoms. The number of aromatic nitrogens is 2. The molecule has 0 radical (unpaired) electrons. The fourth-order valence-corrected chi connectivity index (χ4v) is 1.68. The minimum atomic E-state index is -0.648. The first-order valence-electron chi connectivity index (χ1n) is 5.87. The van der Waals surface area contributed by atoms with Crippen LogP contribution in [0.2, 0.25) is 5.15 Å². The molecule has 2 heterocycles. The summed E-state index contributed by atoms with van der Waals surface area (Å²) in [6, 6.07) is 4.42. The van der Waals surface area contributed by atoms with Crippen LogP contribution in [0.1, 0.15) is 0 Å². The Labute approximate surface area is 129 Å². The van der Waals surface area contributed by atoms with Crippen LogP contribution in [-0.4, -0.2) is 28.1 Å². The van der Waals surface area contributed by atoms with Crippen LogP contribution in [0, 0.1) is 10.1 Å². The van der Waals surface area contributed by atoms with Crippen LogP contribution in [0.15, 0.2) is 30.6 Å². The Morgan fingerprint density at radius 1 is 1.36 bits per heavy atom. The highest BCUT2D eigenvalue weighted by Gasteiger charge is 2.15. The molecule has 1 amide bonds. The summed E-state index contributed by atoms with van der Waals surface area (Å²) < 4.78 is 4.43. The Morgan fingerprint density at radius 2 is 2.14 bits per heavy atom. The van der Waals surface area contributed by atoms with Crippen LogP contribution in [0.5, 0.6) is 0 Å². The first-order chi connectivity index (χ1) is 10.5. The fraction of sp³-hybridized carbons (Fsp3) is 0.0833. The Morgan fingerprint density at radius 3 is 2.73 bits per heavy atom. The number of hydrogen-bond acceptors (Lipinski definition) is 7. The molecule has 0 fully saturated rings. The predicted octanol–water partition coefficient (Wildman–Crippen LogP) is 2.96. The molecule has 0 saturated heterocycles. The van der Waals surface area contributed by atoms with Gasteiger partial charge in [-0.25, -0.2) is 14.8 Å². The number of nitrogens with zero attached hydrogens (tertiary/aromatic N) is 3. The molecule has 0 aliphatic rings. The zero-order valence-corrected chi connectivity index (χ0v) is 12.0. The quantitative estimate of drug-likeness (QED) is 0.504.